The predicted octanol–water partition coefficient (Wildman–Crippen LogP) is -0.255. The number of carbonyl (C=O) groups is 2. The fourth-order valence-electron chi connectivity index (χ4n) is 1.24. The van der Waals surface area contributed by atoms with Crippen LogP contribution in [0.3, 0.4) is 0 Å². The minimum Gasteiger partial charge on any atom is -0.347 e. The van der Waals surface area contributed by atoms with Gasteiger partial charge in [0.15, 0.2) is 0 Å². The molecule has 1 fully saturated rings. The number of rotatable bonds is 2. The highest BCUT2D eigenvalue weighted by Gasteiger charge is 2.18. The van der Waals surface area contributed by atoms with Crippen LogP contribution in [0, 0.1) is 0 Å². The molecule has 2 amide bonds. The average molecular weight is 170 g/mol. The van der Waals surface area contributed by atoms with Gasteiger partial charge in [-0.1, -0.05) is 6.92 Å². The number of carbonyl (C=O) groups excluding carboxylic acids is 2. The lowest BCUT2D eigenvalue weighted by Crippen LogP contribution is -2.35. The standard InChI is InChI=1S/C8H14N2O2/c1-2-4-10-5-3-7(11)9-6-8(10)12/h2-6H2,1H3,(H,9,11). The third-order valence-electron chi connectivity index (χ3n) is 1.89. The first-order chi connectivity index (χ1) is 5.74. The van der Waals surface area contributed by atoms with Gasteiger partial charge in [-0.15, -0.1) is 0 Å². The van der Waals surface area contributed by atoms with Crippen LogP contribution >= 0.6 is 0 Å². The van der Waals surface area contributed by atoms with E-state index in [1.165, 1.54) is 0 Å². The van der Waals surface area contributed by atoms with Crippen molar-refractivity contribution in [1.29, 1.82) is 0 Å². The van der Waals surface area contributed by atoms with E-state index in [2.05, 4.69) is 5.32 Å². The van der Waals surface area contributed by atoms with E-state index in [0.717, 1.165) is 13.0 Å². The van der Waals surface area contributed by atoms with Gasteiger partial charge in [0.2, 0.25) is 11.8 Å². The van der Waals surface area contributed by atoms with Gasteiger partial charge in [0.1, 0.15) is 0 Å². The largest absolute Gasteiger partial charge is 0.347 e. The van der Waals surface area contributed by atoms with Crippen LogP contribution < -0.4 is 5.32 Å². The Morgan fingerprint density at radius 1 is 1.50 bits per heavy atom. The van der Waals surface area contributed by atoms with Crippen molar-refractivity contribution in [3.63, 3.8) is 0 Å². The lowest BCUT2D eigenvalue weighted by Gasteiger charge is -2.17. The Morgan fingerprint density at radius 3 is 2.92 bits per heavy atom. The lowest BCUT2D eigenvalue weighted by atomic mass is 10.3. The monoisotopic (exact) mass is 170 g/mol. The average Bonchev–Trinajstić information content (AvgIpc) is 2.20. The minimum atomic E-state index is -0.0260. The van der Waals surface area contributed by atoms with Crippen molar-refractivity contribution in [3.8, 4) is 0 Å². The van der Waals surface area contributed by atoms with Gasteiger partial charge in [-0.3, -0.25) is 9.59 Å². The second-order valence-electron chi connectivity index (χ2n) is 2.91. The maximum Gasteiger partial charge on any atom is 0.241 e. The molecule has 1 rings (SSSR count). The molecule has 4 heteroatoms. The Balaban J connectivity index is 2.50. The van der Waals surface area contributed by atoms with Crippen molar-refractivity contribution in [2.45, 2.75) is 19.8 Å². The predicted molar refractivity (Wildman–Crippen MR) is 44.5 cm³/mol. The molecule has 1 heterocycles. The van der Waals surface area contributed by atoms with Crippen LogP contribution in [0.25, 0.3) is 0 Å². The summed E-state index contributed by atoms with van der Waals surface area (Å²) in [6, 6.07) is 0. The fraction of sp³-hybridized carbons (Fsp3) is 0.750. The molecule has 0 spiro atoms. The van der Waals surface area contributed by atoms with Crippen LogP contribution in [0.1, 0.15) is 19.8 Å². The van der Waals surface area contributed by atoms with Crippen molar-refractivity contribution in [1.82, 2.24) is 10.2 Å². The van der Waals surface area contributed by atoms with Crippen molar-refractivity contribution in [3.05, 3.63) is 0 Å². The maximum atomic E-state index is 11.3. The van der Waals surface area contributed by atoms with Gasteiger partial charge >= 0.3 is 0 Å². The molecule has 12 heavy (non-hydrogen) atoms. The van der Waals surface area contributed by atoms with E-state index in [4.69, 9.17) is 0 Å². The van der Waals surface area contributed by atoms with Gasteiger partial charge in [0.05, 0.1) is 6.54 Å². The van der Waals surface area contributed by atoms with E-state index in [0.29, 0.717) is 13.0 Å². The molecule has 0 saturated carbocycles. The second kappa shape index (κ2) is 4.09. The first kappa shape index (κ1) is 9.03. The zero-order valence-corrected chi connectivity index (χ0v) is 7.30. The second-order valence-corrected chi connectivity index (χ2v) is 2.91. The van der Waals surface area contributed by atoms with E-state index in [9.17, 15) is 9.59 Å². The highest BCUT2D eigenvalue weighted by molar-refractivity contribution is 5.87. The Kier molecular flexibility index (Phi) is 3.08. The summed E-state index contributed by atoms with van der Waals surface area (Å²) in [7, 11) is 0. The molecule has 1 aliphatic heterocycles. The Hall–Kier alpha value is -1.06. The molecule has 0 bridgehead atoms. The third kappa shape index (κ3) is 2.22. The van der Waals surface area contributed by atoms with E-state index in [-0.39, 0.29) is 18.4 Å². The van der Waals surface area contributed by atoms with Gasteiger partial charge in [-0.2, -0.15) is 0 Å². The Morgan fingerprint density at radius 2 is 2.25 bits per heavy atom. The highest BCUT2D eigenvalue weighted by atomic mass is 16.2. The van der Waals surface area contributed by atoms with Crippen LogP contribution in [-0.4, -0.2) is 36.3 Å². The summed E-state index contributed by atoms with van der Waals surface area (Å²) in [6.07, 6.45) is 1.38. The van der Waals surface area contributed by atoms with Crippen LogP contribution in [0.5, 0.6) is 0 Å². The summed E-state index contributed by atoms with van der Waals surface area (Å²) >= 11 is 0. The van der Waals surface area contributed by atoms with Gasteiger partial charge in [0, 0.05) is 19.5 Å². The first-order valence-corrected chi connectivity index (χ1v) is 4.28. The molecular formula is C8H14N2O2. The summed E-state index contributed by atoms with van der Waals surface area (Å²) in [5, 5.41) is 2.55. The lowest BCUT2D eigenvalue weighted by molar-refractivity contribution is -0.130. The Bertz CT molecular complexity index is 191. The SMILES string of the molecule is CCCN1CCC(=O)NCC1=O. The third-order valence-corrected chi connectivity index (χ3v) is 1.89. The summed E-state index contributed by atoms with van der Waals surface area (Å²) in [6.45, 7) is 3.51. The summed E-state index contributed by atoms with van der Waals surface area (Å²) in [5.74, 6) is 0.00431. The minimum absolute atomic E-state index is 0.0260. The molecule has 0 aromatic heterocycles. The highest BCUT2D eigenvalue weighted by Crippen LogP contribution is 1.98. The number of nitrogens with one attached hydrogen (secondary N) is 1. The molecule has 68 valence electrons. The number of nitrogens with zero attached hydrogens (tertiary/aromatic N) is 1. The molecular weight excluding hydrogens is 156 g/mol. The molecule has 0 aromatic carbocycles. The van der Waals surface area contributed by atoms with E-state index < -0.39 is 0 Å². The smallest absolute Gasteiger partial charge is 0.241 e. The van der Waals surface area contributed by atoms with Crippen LogP contribution in [0.15, 0.2) is 0 Å². The fourth-order valence-corrected chi connectivity index (χ4v) is 1.24. The Labute approximate surface area is 71.9 Å². The quantitative estimate of drug-likeness (QED) is 0.621. The number of hydrogen-bond donors (Lipinski definition) is 1. The van der Waals surface area contributed by atoms with Crippen molar-refractivity contribution in [2.75, 3.05) is 19.6 Å². The summed E-state index contributed by atoms with van der Waals surface area (Å²) in [5.41, 5.74) is 0. The topological polar surface area (TPSA) is 49.4 Å². The van der Waals surface area contributed by atoms with E-state index in [1.807, 2.05) is 6.92 Å². The molecule has 0 atom stereocenters. The summed E-state index contributed by atoms with van der Waals surface area (Å²) in [4.78, 5) is 23.9. The van der Waals surface area contributed by atoms with Gasteiger partial charge in [0.25, 0.3) is 0 Å². The normalized spacial score (nSPS) is 18.9. The van der Waals surface area contributed by atoms with Gasteiger partial charge in [-0.05, 0) is 6.42 Å². The van der Waals surface area contributed by atoms with Crippen LogP contribution in [0.2, 0.25) is 0 Å². The molecule has 0 radical (unpaired) electrons. The molecule has 0 unspecified atom stereocenters. The van der Waals surface area contributed by atoms with Crippen molar-refractivity contribution < 1.29 is 9.59 Å². The maximum absolute atomic E-state index is 11.3. The van der Waals surface area contributed by atoms with E-state index in [1.54, 1.807) is 4.90 Å². The molecule has 1 saturated heterocycles. The van der Waals surface area contributed by atoms with Gasteiger partial charge in [-0.25, -0.2) is 0 Å². The van der Waals surface area contributed by atoms with Crippen LogP contribution in [-0.2, 0) is 9.59 Å². The molecule has 1 N–H and O–H groups in total. The molecule has 0 aromatic rings. The first-order valence-electron chi connectivity index (χ1n) is 4.28. The molecule has 0 aliphatic carbocycles. The van der Waals surface area contributed by atoms with Crippen molar-refractivity contribution >= 4 is 11.8 Å². The molecule has 4 nitrogen and oxygen atoms in total. The van der Waals surface area contributed by atoms with Crippen molar-refractivity contribution in [2.24, 2.45) is 0 Å². The zero-order valence-electron chi connectivity index (χ0n) is 7.30. The van der Waals surface area contributed by atoms with Crippen LogP contribution in [0.4, 0.5) is 0 Å². The number of amides is 2. The summed E-state index contributed by atoms with van der Waals surface area (Å²) < 4.78 is 0. The van der Waals surface area contributed by atoms with E-state index >= 15 is 0 Å². The zero-order chi connectivity index (χ0) is 8.97. The molecule has 1 aliphatic rings. The van der Waals surface area contributed by atoms with Gasteiger partial charge < -0.3 is 10.2 Å². The number of hydrogen-bond acceptors (Lipinski definition) is 2.